The van der Waals surface area contributed by atoms with Crippen molar-refractivity contribution in [3.05, 3.63) is 29.8 Å². The van der Waals surface area contributed by atoms with Gasteiger partial charge in [0.15, 0.2) is 0 Å². The summed E-state index contributed by atoms with van der Waals surface area (Å²) >= 11 is 0. The Kier molecular flexibility index (Phi) is 3.36. The van der Waals surface area contributed by atoms with Crippen molar-refractivity contribution in [1.29, 1.82) is 0 Å². The van der Waals surface area contributed by atoms with E-state index in [0.717, 1.165) is 0 Å². The molecule has 1 unspecified atom stereocenters. The van der Waals surface area contributed by atoms with Crippen molar-refractivity contribution in [2.24, 2.45) is 16.2 Å². The van der Waals surface area contributed by atoms with Crippen LogP contribution in [0.2, 0.25) is 0 Å². The fraction of sp³-hybridized carbons (Fsp3) is 0.250. The number of aliphatic hydroxyl groups excluding tert-OH is 2. The molecule has 0 radical (unpaired) electrons. The van der Waals surface area contributed by atoms with Crippen molar-refractivity contribution >= 4 is 5.69 Å². The third-order valence-corrected chi connectivity index (χ3v) is 1.62. The summed E-state index contributed by atoms with van der Waals surface area (Å²) in [5, 5.41) is 24.6. The van der Waals surface area contributed by atoms with Crippen LogP contribution in [0.3, 0.4) is 0 Å². The molecule has 0 aliphatic heterocycles. The first-order valence-corrected chi connectivity index (χ1v) is 3.77. The van der Waals surface area contributed by atoms with Crippen LogP contribution in [-0.2, 0) is 0 Å². The van der Waals surface area contributed by atoms with E-state index < -0.39 is 6.10 Å². The van der Waals surface area contributed by atoms with E-state index in [0.29, 0.717) is 11.3 Å². The van der Waals surface area contributed by atoms with Crippen LogP contribution >= 0.6 is 0 Å². The molecule has 0 aliphatic carbocycles. The van der Waals surface area contributed by atoms with Crippen LogP contribution in [0.25, 0.3) is 0 Å². The molecule has 1 rings (SSSR count). The molecule has 13 heavy (non-hydrogen) atoms. The summed E-state index contributed by atoms with van der Waals surface area (Å²) in [6.07, 6.45) is -0.844. The number of hydrogen-bond donors (Lipinski definition) is 3. The second-order valence-corrected chi connectivity index (χ2v) is 2.51. The SMILES string of the molecule is NN=Nc1ccc(C(O)CO)cc1. The standard InChI is InChI=1S/C8H11N3O2/c9-11-10-7-3-1-6(2-4-7)8(13)5-12/h1-4,8,12-13H,5H2,(H2,9,10). The Bertz CT molecular complexity index is 284. The van der Waals surface area contributed by atoms with Gasteiger partial charge in [-0.25, -0.2) is 0 Å². The zero-order valence-corrected chi connectivity index (χ0v) is 6.96. The molecule has 1 atom stereocenters. The Hall–Kier alpha value is -1.46. The van der Waals surface area contributed by atoms with Crippen molar-refractivity contribution in [3.63, 3.8) is 0 Å². The second kappa shape index (κ2) is 4.54. The summed E-state index contributed by atoms with van der Waals surface area (Å²) in [6.45, 7) is -0.294. The van der Waals surface area contributed by atoms with E-state index >= 15 is 0 Å². The number of benzene rings is 1. The van der Waals surface area contributed by atoms with E-state index in [1.165, 1.54) is 0 Å². The molecule has 70 valence electrons. The van der Waals surface area contributed by atoms with Gasteiger partial charge in [-0.1, -0.05) is 17.4 Å². The number of rotatable bonds is 3. The minimum Gasteiger partial charge on any atom is -0.393 e. The predicted molar refractivity (Wildman–Crippen MR) is 47.2 cm³/mol. The summed E-state index contributed by atoms with van der Waals surface area (Å²) in [7, 11) is 0. The number of aliphatic hydroxyl groups is 2. The zero-order chi connectivity index (χ0) is 9.68. The van der Waals surface area contributed by atoms with Gasteiger partial charge in [-0.05, 0) is 17.7 Å². The Balaban J connectivity index is 2.80. The first kappa shape index (κ1) is 9.63. The maximum atomic E-state index is 9.22. The zero-order valence-electron chi connectivity index (χ0n) is 6.96. The first-order valence-electron chi connectivity index (χ1n) is 3.77. The molecule has 0 aliphatic rings. The minimum absolute atomic E-state index is 0.294. The molecule has 1 aromatic rings. The average Bonchev–Trinajstić information content (AvgIpc) is 2.18. The quantitative estimate of drug-likeness (QED) is 0.363. The lowest BCUT2D eigenvalue weighted by atomic mass is 10.1. The topological polar surface area (TPSA) is 91.2 Å². The average molecular weight is 181 g/mol. The number of hydrogen-bond acceptors (Lipinski definition) is 4. The molecule has 0 heterocycles. The molecular weight excluding hydrogens is 170 g/mol. The lowest BCUT2D eigenvalue weighted by molar-refractivity contribution is 0.0956. The third kappa shape index (κ3) is 2.50. The summed E-state index contributed by atoms with van der Waals surface area (Å²) in [4.78, 5) is 0. The highest BCUT2D eigenvalue weighted by molar-refractivity contribution is 5.38. The van der Waals surface area contributed by atoms with E-state index in [4.69, 9.17) is 10.9 Å². The van der Waals surface area contributed by atoms with Gasteiger partial charge < -0.3 is 16.1 Å². The molecule has 1 aromatic carbocycles. The van der Waals surface area contributed by atoms with E-state index in [1.807, 2.05) is 0 Å². The van der Waals surface area contributed by atoms with Gasteiger partial charge in [-0.2, -0.15) is 0 Å². The molecule has 4 N–H and O–H groups in total. The fourth-order valence-electron chi connectivity index (χ4n) is 0.935. The summed E-state index contributed by atoms with van der Waals surface area (Å²) < 4.78 is 0. The van der Waals surface area contributed by atoms with Crippen LogP contribution in [0.1, 0.15) is 11.7 Å². The van der Waals surface area contributed by atoms with E-state index in [-0.39, 0.29) is 6.61 Å². The largest absolute Gasteiger partial charge is 0.393 e. The van der Waals surface area contributed by atoms with Crippen LogP contribution < -0.4 is 5.84 Å². The van der Waals surface area contributed by atoms with Crippen LogP contribution in [0.15, 0.2) is 34.6 Å². The van der Waals surface area contributed by atoms with Gasteiger partial charge in [0.25, 0.3) is 0 Å². The Morgan fingerprint density at radius 2 is 1.92 bits per heavy atom. The van der Waals surface area contributed by atoms with Crippen molar-refractivity contribution in [3.8, 4) is 0 Å². The molecule has 0 bridgehead atoms. The maximum Gasteiger partial charge on any atom is 0.102 e. The van der Waals surface area contributed by atoms with E-state index in [2.05, 4.69) is 10.3 Å². The van der Waals surface area contributed by atoms with Crippen molar-refractivity contribution in [2.45, 2.75) is 6.10 Å². The molecule has 0 saturated carbocycles. The van der Waals surface area contributed by atoms with Gasteiger partial charge in [0.1, 0.15) is 6.10 Å². The van der Waals surface area contributed by atoms with Crippen LogP contribution in [0, 0.1) is 0 Å². The maximum absolute atomic E-state index is 9.22. The normalized spacial score (nSPS) is 13.4. The summed E-state index contributed by atoms with van der Waals surface area (Å²) in [6, 6.07) is 6.63. The second-order valence-electron chi connectivity index (χ2n) is 2.51. The molecule has 0 aromatic heterocycles. The molecule has 5 heteroatoms. The fourth-order valence-corrected chi connectivity index (χ4v) is 0.935. The van der Waals surface area contributed by atoms with Gasteiger partial charge in [-0.3, -0.25) is 0 Å². The highest BCUT2D eigenvalue weighted by Crippen LogP contribution is 2.17. The molecule has 0 spiro atoms. The smallest absolute Gasteiger partial charge is 0.102 e. The number of nitrogens with two attached hydrogens (primary N) is 1. The van der Waals surface area contributed by atoms with Gasteiger partial charge in [0.2, 0.25) is 0 Å². The van der Waals surface area contributed by atoms with E-state index in [9.17, 15) is 5.11 Å². The van der Waals surface area contributed by atoms with Gasteiger partial charge in [-0.15, -0.1) is 5.11 Å². The Morgan fingerprint density at radius 1 is 1.31 bits per heavy atom. The third-order valence-electron chi connectivity index (χ3n) is 1.62. The van der Waals surface area contributed by atoms with Crippen molar-refractivity contribution < 1.29 is 10.2 Å². The van der Waals surface area contributed by atoms with Crippen LogP contribution in [0.4, 0.5) is 5.69 Å². The van der Waals surface area contributed by atoms with Crippen molar-refractivity contribution in [2.75, 3.05) is 6.61 Å². The highest BCUT2D eigenvalue weighted by Gasteiger charge is 2.04. The Morgan fingerprint density at radius 3 is 2.38 bits per heavy atom. The lowest BCUT2D eigenvalue weighted by Crippen LogP contribution is -2.01. The first-order chi connectivity index (χ1) is 6.27. The summed E-state index contributed by atoms with van der Waals surface area (Å²) in [5.74, 6) is 4.85. The molecular formula is C8H11N3O2. The lowest BCUT2D eigenvalue weighted by Gasteiger charge is -2.06. The van der Waals surface area contributed by atoms with Crippen LogP contribution in [0.5, 0.6) is 0 Å². The van der Waals surface area contributed by atoms with Gasteiger partial charge >= 0.3 is 0 Å². The summed E-state index contributed by atoms with van der Waals surface area (Å²) in [5.41, 5.74) is 1.25. The van der Waals surface area contributed by atoms with Gasteiger partial charge in [0, 0.05) is 0 Å². The molecule has 0 amide bonds. The Labute approximate surface area is 75.5 Å². The monoisotopic (exact) mass is 181 g/mol. The molecule has 5 nitrogen and oxygen atoms in total. The van der Waals surface area contributed by atoms with Crippen molar-refractivity contribution in [1.82, 2.24) is 0 Å². The van der Waals surface area contributed by atoms with E-state index in [1.54, 1.807) is 24.3 Å². The van der Waals surface area contributed by atoms with Crippen LogP contribution in [-0.4, -0.2) is 16.8 Å². The highest BCUT2D eigenvalue weighted by atomic mass is 16.3. The molecule has 0 fully saturated rings. The predicted octanol–water partition coefficient (Wildman–Crippen LogP) is 0.670. The number of nitrogens with zero attached hydrogens (tertiary/aromatic N) is 2. The van der Waals surface area contributed by atoms with Gasteiger partial charge in [0.05, 0.1) is 12.3 Å². The minimum atomic E-state index is -0.844. The molecule has 0 saturated heterocycles.